The Kier molecular flexibility index (Phi) is 6.69. The highest BCUT2D eigenvalue weighted by Crippen LogP contribution is 2.32. The Morgan fingerprint density at radius 1 is 1.31 bits per heavy atom. The largest absolute Gasteiger partial charge is 0.495 e. The number of nitrogens with zero attached hydrogens (tertiary/aromatic N) is 1. The van der Waals surface area contributed by atoms with Gasteiger partial charge >= 0.3 is 0 Å². The van der Waals surface area contributed by atoms with E-state index in [4.69, 9.17) is 4.74 Å². The zero-order valence-corrected chi connectivity index (χ0v) is 17.1. The van der Waals surface area contributed by atoms with Crippen LogP contribution < -0.4 is 10.1 Å². The molecule has 3 atom stereocenters. The Bertz CT molecular complexity index is 738. The quantitative estimate of drug-likeness (QED) is 0.821. The predicted molar refractivity (Wildman–Crippen MR) is 102 cm³/mol. The van der Waals surface area contributed by atoms with Crippen molar-refractivity contribution in [3.05, 3.63) is 23.8 Å². The number of amides is 1. The monoisotopic (exact) mass is 382 g/mol. The van der Waals surface area contributed by atoms with Gasteiger partial charge in [0.2, 0.25) is 10.0 Å². The molecule has 6 nitrogen and oxygen atoms in total. The average Bonchev–Trinajstić information content (AvgIpc) is 2.60. The highest BCUT2D eigenvalue weighted by Gasteiger charge is 2.34. The van der Waals surface area contributed by atoms with Gasteiger partial charge in [-0.05, 0) is 49.8 Å². The maximum absolute atomic E-state index is 13.2. The molecule has 2 rings (SSSR count). The van der Waals surface area contributed by atoms with E-state index in [0.29, 0.717) is 30.5 Å². The summed E-state index contributed by atoms with van der Waals surface area (Å²) in [7, 11) is -2.29. The first-order valence-corrected chi connectivity index (χ1v) is 10.6. The van der Waals surface area contributed by atoms with Gasteiger partial charge in [0.05, 0.1) is 7.11 Å². The van der Waals surface area contributed by atoms with E-state index in [1.807, 2.05) is 13.8 Å². The molecular weight excluding hydrogens is 352 g/mol. The van der Waals surface area contributed by atoms with E-state index in [1.54, 1.807) is 12.1 Å². The summed E-state index contributed by atoms with van der Waals surface area (Å²) >= 11 is 0. The lowest BCUT2D eigenvalue weighted by Gasteiger charge is -2.34. The molecule has 1 saturated heterocycles. The van der Waals surface area contributed by atoms with Gasteiger partial charge < -0.3 is 10.1 Å². The molecule has 146 valence electrons. The number of benzene rings is 1. The zero-order valence-electron chi connectivity index (χ0n) is 16.3. The minimum Gasteiger partial charge on any atom is -0.495 e. The third kappa shape index (κ3) is 4.57. The Hall–Kier alpha value is -1.60. The highest BCUT2D eigenvalue weighted by molar-refractivity contribution is 7.89. The van der Waals surface area contributed by atoms with Gasteiger partial charge in [-0.25, -0.2) is 8.42 Å². The van der Waals surface area contributed by atoms with Gasteiger partial charge in [0.1, 0.15) is 10.6 Å². The average molecular weight is 383 g/mol. The summed E-state index contributed by atoms with van der Waals surface area (Å²) in [5, 5.41) is 2.87. The van der Waals surface area contributed by atoms with Crippen LogP contribution in [0.2, 0.25) is 0 Å². The van der Waals surface area contributed by atoms with Crippen LogP contribution in [0.3, 0.4) is 0 Å². The van der Waals surface area contributed by atoms with E-state index >= 15 is 0 Å². The zero-order chi connectivity index (χ0) is 19.5. The SMILES string of the molecule is CCC(C)NC(=O)c1ccc(OC)c(S(=O)(=O)N2CC(C)CC(C)C2)c1. The number of piperidine rings is 1. The summed E-state index contributed by atoms with van der Waals surface area (Å²) in [6.07, 6.45) is 1.82. The van der Waals surface area contributed by atoms with Gasteiger partial charge in [-0.3, -0.25) is 4.79 Å². The Morgan fingerprint density at radius 2 is 1.92 bits per heavy atom. The van der Waals surface area contributed by atoms with Crippen molar-refractivity contribution in [2.45, 2.75) is 51.5 Å². The maximum Gasteiger partial charge on any atom is 0.251 e. The number of hydrogen-bond donors (Lipinski definition) is 1. The molecule has 3 unspecified atom stereocenters. The van der Waals surface area contributed by atoms with Gasteiger partial charge in [0.25, 0.3) is 5.91 Å². The van der Waals surface area contributed by atoms with Gasteiger partial charge in [-0.15, -0.1) is 0 Å². The number of sulfonamides is 1. The number of rotatable bonds is 6. The lowest BCUT2D eigenvalue weighted by molar-refractivity contribution is 0.0939. The van der Waals surface area contributed by atoms with Crippen LogP contribution in [-0.2, 0) is 10.0 Å². The molecule has 0 aromatic heterocycles. The van der Waals surface area contributed by atoms with Crippen LogP contribution in [0.1, 0.15) is 50.9 Å². The standard InChI is InChI=1S/C19H30N2O4S/c1-6-15(4)20-19(22)16-7-8-17(25-5)18(10-16)26(23,24)21-11-13(2)9-14(3)12-21/h7-8,10,13-15H,6,9,11-12H2,1-5H3,(H,20,22). The van der Waals surface area contributed by atoms with Crippen LogP contribution in [0.15, 0.2) is 23.1 Å². The number of hydrogen-bond acceptors (Lipinski definition) is 4. The van der Waals surface area contributed by atoms with E-state index in [2.05, 4.69) is 19.2 Å². The summed E-state index contributed by atoms with van der Waals surface area (Å²) < 4.78 is 33.2. The minimum absolute atomic E-state index is 0.0217. The molecule has 26 heavy (non-hydrogen) atoms. The van der Waals surface area contributed by atoms with E-state index in [-0.39, 0.29) is 22.6 Å². The molecule has 0 aliphatic carbocycles. The number of nitrogens with one attached hydrogen (secondary N) is 1. The maximum atomic E-state index is 13.2. The summed E-state index contributed by atoms with van der Waals surface area (Å²) in [6.45, 7) is 8.98. The number of ether oxygens (including phenoxy) is 1. The predicted octanol–water partition coefficient (Wildman–Crippen LogP) is 2.89. The van der Waals surface area contributed by atoms with E-state index in [1.165, 1.54) is 17.5 Å². The number of methoxy groups -OCH3 is 1. The smallest absolute Gasteiger partial charge is 0.251 e. The first-order valence-electron chi connectivity index (χ1n) is 9.18. The van der Waals surface area contributed by atoms with Crippen molar-refractivity contribution < 1.29 is 17.9 Å². The second-order valence-electron chi connectivity index (χ2n) is 7.42. The molecule has 0 bridgehead atoms. The molecule has 0 spiro atoms. The van der Waals surface area contributed by atoms with Crippen molar-refractivity contribution in [3.63, 3.8) is 0 Å². The molecule has 0 radical (unpaired) electrons. The van der Waals surface area contributed by atoms with Gasteiger partial charge in [0, 0.05) is 24.7 Å². The fraction of sp³-hybridized carbons (Fsp3) is 0.632. The van der Waals surface area contributed by atoms with Crippen LogP contribution >= 0.6 is 0 Å². The van der Waals surface area contributed by atoms with E-state index in [9.17, 15) is 13.2 Å². The van der Waals surface area contributed by atoms with Crippen LogP contribution in [0.5, 0.6) is 5.75 Å². The normalized spacial score (nSPS) is 22.7. The molecule has 1 aliphatic rings. The molecular formula is C19H30N2O4S. The molecule has 1 aromatic rings. The van der Waals surface area contributed by atoms with Crippen LogP contribution in [0.25, 0.3) is 0 Å². The van der Waals surface area contributed by atoms with Gasteiger partial charge in [0.15, 0.2) is 0 Å². The summed E-state index contributed by atoms with van der Waals surface area (Å²) in [6, 6.07) is 4.59. The molecule has 1 amide bonds. The second kappa shape index (κ2) is 8.39. The molecule has 1 N–H and O–H groups in total. The summed E-state index contributed by atoms with van der Waals surface area (Å²) in [4.78, 5) is 12.5. The second-order valence-corrected chi connectivity index (χ2v) is 9.32. The van der Waals surface area contributed by atoms with E-state index < -0.39 is 10.0 Å². The third-order valence-corrected chi connectivity index (χ3v) is 6.72. The lowest BCUT2D eigenvalue weighted by atomic mass is 9.94. The fourth-order valence-corrected chi connectivity index (χ4v) is 5.23. The number of carbonyl (C=O) groups is 1. The van der Waals surface area contributed by atoms with E-state index in [0.717, 1.165) is 12.8 Å². The number of carbonyl (C=O) groups excluding carboxylic acids is 1. The molecule has 1 heterocycles. The summed E-state index contributed by atoms with van der Waals surface area (Å²) in [5.41, 5.74) is 0.322. The van der Waals surface area contributed by atoms with Crippen molar-refractivity contribution in [1.29, 1.82) is 0 Å². The molecule has 1 fully saturated rings. The van der Waals surface area contributed by atoms with Gasteiger partial charge in [-0.2, -0.15) is 4.31 Å². The molecule has 7 heteroatoms. The van der Waals surface area contributed by atoms with Crippen LogP contribution in [-0.4, -0.2) is 44.9 Å². The summed E-state index contributed by atoms with van der Waals surface area (Å²) in [5.74, 6) is 0.586. The van der Waals surface area contributed by atoms with Gasteiger partial charge in [-0.1, -0.05) is 20.8 Å². The minimum atomic E-state index is -3.73. The van der Waals surface area contributed by atoms with Crippen molar-refractivity contribution in [3.8, 4) is 5.75 Å². The van der Waals surface area contributed by atoms with Crippen molar-refractivity contribution in [2.75, 3.05) is 20.2 Å². The lowest BCUT2D eigenvalue weighted by Crippen LogP contribution is -2.42. The van der Waals surface area contributed by atoms with Crippen molar-refractivity contribution in [2.24, 2.45) is 11.8 Å². The topological polar surface area (TPSA) is 75.7 Å². The van der Waals surface area contributed by atoms with Crippen LogP contribution in [0.4, 0.5) is 0 Å². The van der Waals surface area contributed by atoms with Crippen molar-refractivity contribution >= 4 is 15.9 Å². The first kappa shape index (κ1) is 20.7. The Labute approximate surface area is 157 Å². The molecule has 1 aromatic carbocycles. The first-order chi connectivity index (χ1) is 12.2. The molecule has 1 aliphatic heterocycles. The fourth-order valence-electron chi connectivity index (χ4n) is 3.37. The third-order valence-electron chi connectivity index (χ3n) is 4.87. The molecule has 0 saturated carbocycles. The Balaban J connectivity index is 2.39. The van der Waals surface area contributed by atoms with Crippen molar-refractivity contribution in [1.82, 2.24) is 9.62 Å². The highest BCUT2D eigenvalue weighted by atomic mass is 32.2. The Morgan fingerprint density at radius 3 is 2.46 bits per heavy atom. The van der Waals surface area contributed by atoms with Crippen LogP contribution in [0, 0.1) is 11.8 Å².